The summed E-state index contributed by atoms with van der Waals surface area (Å²) < 4.78 is 0. The van der Waals surface area contributed by atoms with Crippen LogP contribution >= 0.6 is 12.4 Å². The normalized spacial score (nSPS) is 20.8. The number of nitrogens with zero attached hydrogens (tertiary/aromatic N) is 2. The van der Waals surface area contributed by atoms with Gasteiger partial charge >= 0.3 is 0 Å². The number of aryl methyl sites for hydroxylation is 1. The lowest BCUT2D eigenvalue weighted by atomic mass is 10.2. The molecule has 5 heteroatoms. The van der Waals surface area contributed by atoms with E-state index in [0.29, 0.717) is 6.54 Å². The fraction of sp³-hybridized carbons (Fsp3) is 0.545. The molecule has 1 aliphatic heterocycles. The second-order valence-electron chi connectivity index (χ2n) is 4.20. The molecule has 0 unspecified atom stereocenters. The van der Waals surface area contributed by atoms with Crippen molar-refractivity contribution in [2.45, 2.75) is 25.9 Å². The molecule has 0 aliphatic carbocycles. The molecule has 2 rings (SSSR count). The number of halogens is 1. The van der Waals surface area contributed by atoms with Crippen LogP contribution in [-0.2, 0) is 6.54 Å². The van der Waals surface area contributed by atoms with Crippen LogP contribution in [0.25, 0.3) is 0 Å². The molecule has 2 heterocycles. The number of rotatable bonds is 2. The van der Waals surface area contributed by atoms with Crippen molar-refractivity contribution in [3.63, 3.8) is 0 Å². The zero-order chi connectivity index (χ0) is 10.8. The Morgan fingerprint density at radius 3 is 2.94 bits per heavy atom. The second-order valence-corrected chi connectivity index (χ2v) is 4.20. The standard InChI is InChI=1S/C11H17N3O.ClH/c1-8-2-3-11(15)10(13-8)7-14-5-4-9(12)6-14;/h2-3,9,15H,4-7,12H2,1H3;1H/t9-;/m1./s1. The van der Waals surface area contributed by atoms with E-state index in [-0.39, 0.29) is 24.2 Å². The first kappa shape index (κ1) is 13.2. The number of nitrogens with two attached hydrogens (primary N) is 1. The summed E-state index contributed by atoms with van der Waals surface area (Å²) in [5.74, 6) is 0.279. The van der Waals surface area contributed by atoms with Crippen molar-refractivity contribution in [2.24, 2.45) is 5.73 Å². The van der Waals surface area contributed by atoms with Crippen LogP contribution in [0.3, 0.4) is 0 Å². The molecule has 16 heavy (non-hydrogen) atoms. The van der Waals surface area contributed by atoms with Gasteiger partial charge in [0, 0.05) is 31.4 Å². The molecule has 1 atom stereocenters. The maximum Gasteiger partial charge on any atom is 0.138 e. The first-order chi connectivity index (χ1) is 7.15. The van der Waals surface area contributed by atoms with Crippen LogP contribution in [0.15, 0.2) is 12.1 Å². The molecule has 0 aromatic carbocycles. The van der Waals surface area contributed by atoms with E-state index >= 15 is 0 Å². The molecule has 3 N–H and O–H groups in total. The second kappa shape index (κ2) is 5.48. The predicted molar refractivity (Wildman–Crippen MR) is 65.8 cm³/mol. The molecule has 0 spiro atoms. The molecule has 1 fully saturated rings. The summed E-state index contributed by atoms with van der Waals surface area (Å²) >= 11 is 0. The van der Waals surface area contributed by atoms with Gasteiger partial charge in [-0.05, 0) is 25.5 Å². The van der Waals surface area contributed by atoms with Gasteiger partial charge in [-0.15, -0.1) is 12.4 Å². The zero-order valence-electron chi connectivity index (χ0n) is 9.39. The number of hydrogen-bond acceptors (Lipinski definition) is 4. The van der Waals surface area contributed by atoms with Crippen molar-refractivity contribution in [2.75, 3.05) is 13.1 Å². The smallest absolute Gasteiger partial charge is 0.138 e. The topological polar surface area (TPSA) is 62.4 Å². The summed E-state index contributed by atoms with van der Waals surface area (Å²) in [5, 5.41) is 9.64. The Kier molecular flexibility index (Phi) is 4.53. The van der Waals surface area contributed by atoms with Crippen LogP contribution in [0.1, 0.15) is 17.8 Å². The van der Waals surface area contributed by atoms with Crippen molar-refractivity contribution < 1.29 is 5.11 Å². The SMILES string of the molecule is Cc1ccc(O)c(CN2CC[C@@H](N)C2)n1.Cl. The largest absolute Gasteiger partial charge is 0.506 e. The fourth-order valence-electron chi connectivity index (χ4n) is 1.94. The van der Waals surface area contributed by atoms with Gasteiger partial charge in [0.15, 0.2) is 0 Å². The third kappa shape index (κ3) is 3.07. The molecule has 0 bridgehead atoms. The van der Waals surface area contributed by atoms with Crippen LogP contribution in [0.2, 0.25) is 0 Å². The van der Waals surface area contributed by atoms with E-state index in [1.165, 1.54) is 0 Å². The summed E-state index contributed by atoms with van der Waals surface area (Å²) in [6.45, 7) is 4.52. The molecule has 1 aliphatic rings. The van der Waals surface area contributed by atoms with Gasteiger partial charge in [0.05, 0.1) is 5.69 Å². The maximum atomic E-state index is 9.64. The van der Waals surface area contributed by atoms with Gasteiger partial charge in [0.1, 0.15) is 5.75 Å². The number of pyridine rings is 1. The van der Waals surface area contributed by atoms with Gasteiger partial charge in [-0.2, -0.15) is 0 Å². The van der Waals surface area contributed by atoms with Crippen molar-refractivity contribution in [1.82, 2.24) is 9.88 Å². The monoisotopic (exact) mass is 243 g/mol. The maximum absolute atomic E-state index is 9.64. The molecule has 90 valence electrons. The van der Waals surface area contributed by atoms with Gasteiger partial charge < -0.3 is 10.8 Å². The van der Waals surface area contributed by atoms with Crippen LogP contribution in [0.5, 0.6) is 5.75 Å². The van der Waals surface area contributed by atoms with E-state index in [2.05, 4.69) is 9.88 Å². The van der Waals surface area contributed by atoms with Gasteiger partial charge in [-0.25, -0.2) is 0 Å². The van der Waals surface area contributed by atoms with E-state index < -0.39 is 0 Å². The molecular weight excluding hydrogens is 226 g/mol. The van der Waals surface area contributed by atoms with E-state index in [4.69, 9.17) is 5.73 Å². The lowest BCUT2D eigenvalue weighted by molar-refractivity contribution is 0.315. The molecule has 0 radical (unpaired) electrons. The summed E-state index contributed by atoms with van der Waals surface area (Å²) in [7, 11) is 0. The summed E-state index contributed by atoms with van der Waals surface area (Å²) in [6.07, 6.45) is 1.03. The minimum absolute atomic E-state index is 0. The molecule has 0 saturated carbocycles. The van der Waals surface area contributed by atoms with Gasteiger partial charge in [0.2, 0.25) is 0 Å². The highest BCUT2D eigenvalue weighted by molar-refractivity contribution is 5.85. The molecule has 1 aromatic rings. The Morgan fingerprint density at radius 1 is 1.56 bits per heavy atom. The first-order valence-electron chi connectivity index (χ1n) is 5.28. The van der Waals surface area contributed by atoms with Crippen LogP contribution in [0, 0.1) is 6.92 Å². The van der Waals surface area contributed by atoms with E-state index in [1.807, 2.05) is 13.0 Å². The highest BCUT2D eigenvalue weighted by Gasteiger charge is 2.20. The van der Waals surface area contributed by atoms with Crippen molar-refractivity contribution in [1.29, 1.82) is 0 Å². The summed E-state index contributed by atoms with van der Waals surface area (Å²) in [4.78, 5) is 6.56. The third-order valence-electron chi connectivity index (χ3n) is 2.77. The summed E-state index contributed by atoms with van der Waals surface area (Å²) in [6, 6.07) is 3.79. The number of aromatic hydroxyl groups is 1. The Hall–Kier alpha value is -0.840. The minimum atomic E-state index is 0. The van der Waals surface area contributed by atoms with Crippen molar-refractivity contribution in [3.05, 3.63) is 23.5 Å². The molecule has 0 amide bonds. The van der Waals surface area contributed by atoms with Crippen molar-refractivity contribution in [3.8, 4) is 5.75 Å². The highest BCUT2D eigenvalue weighted by Crippen LogP contribution is 2.18. The summed E-state index contributed by atoms with van der Waals surface area (Å²) in [5.41, 5.74) is 7.51. The van der Waals surface area contributed by atoms with Gasteiger partial charge in [0.25, 0.3) is 0 Å². The lowest BCUT2D eigenvalue weighted by Crippen LogP contribution is -2.26. The predicted octanol–water partition coefficient (Wildman–Crippen LogP) is 1.05. The van der Waals surface area contributed by atoms with Crippen LogP contribution in [0.4, 0.5) is 0 Å². The average molecular weight is 244 g/mol. The molecule has 4 nitrogen and oxygen atoms in total. The average Bonchev–Trinajstić information content (AvgIpc) is 2.58. The number of likely N-dealkylation sites (tertiary alicyclic amines) is 1. The van der Waals surface area contributed by atoms with Gasteiger partial charge in [-0.1, -0.05) is 0 Å². The van der Waals surface area contributed by atoms with Gasteiger partial charge in [-0.3, -0.25) is 9.88 Å². The molecule has 1 aromatic heterocycles. The van der Waals surface area contributed by atoms with E-state index in [1.54, 1.807) is 6.07 Å². The molecule has 1 saturated heterocycles. The van der Waals surface area contributed by atoms with Crippen LogP contribution < -0.4 is 5.73 Å². The van der Waals surface area contributed by atoms with Crippen molar-refractivity contribution >= 4 is 12.4 Å². The minimum Gasteiger partial charge on any atom is -0.506 e. The Bertz CT molecular complexity index is 359. The first-order valence-corrected chi connectivity index (χ1v) is 5.28. The highest BCUT2D eigenvalue weighted by atomic mass is 35.5. The van der Waals surface area contributed by atoms with E-state index in [0.717, 1.165) is 30.9 Å². The third-order valence-corrected chi connectivity index (χ3v) is 2.77. The number of hydrogen-bond donors (Lipinski definition) is 2. The Labute approximate surface area is 102 Å². The van der Waals surface area contributed by atoms with E-state index in [9.17, 15) is 5.11 Å². The lowest BCUT2D eigenvalue weighted by Gasteiger charge is -2.15. The number of aromatic nitrogens is 1. The Balaban J connectivity index is 0.00000128. The fourth-order valence-corrected chi connectivity index (χ4v) is 1.94. The quantitative estimate of drug-likeness (QED) is 0.815. The molecular formula is C11H18ClN3O. The van der Waals surface area contributed by atoms with Crippen LogP contribution in [-0.4, -0.2) is 34.1 Å². The Morgan fingerprint density at radius 2 is 2.31 bits per heavy atom. The zero-order valence-corrected chi connectivity index (χ0v) is 10.2.